The second-order valence-electron chi connectivity index (χ2n) is 5.12. The van der Waals surface area contributed by atoms with Gasteiger partial charge in [0, 0.05) is 10.9 Å². The fourth-order valence-corrected chi connectivity index (χ4v) is 4.95. The lowest BCUT2D eigenvalue weighted by atomic mass is 10.2. The van der Waals surface area contributed by atoms with E-state index in [0.29, 0.717) is 6.42 Å². The van der Waals surface area contributed by atoms with E-state index in [1.54, 1.807) is 11.3 Å². The van der Waals surface area contributed by atoms with Crippen LogP contribution in [0.4, 0.5) is 4.79 Å². The van der Waals surface area contributed by atoms with Crippen molar-refractivity contribution in [2.24, 2.45) is 0 Å². The molecule has 1 aliphatic heterocycles. The van der Waals surface area contributed by atoms with Crippen LogP contribution in [0.15, 0.2) is 0 Å². The molecule has 0 aliphatic carbocycles. The Morgan fingerprint density at radius 1 is 1.45 bits per heavy atom. The van der Waals surface area contributed by atoms with Crippen molar-refractivity contribution in [3.05, 3.63) is 15.6 Å². The molecule has 0 bridgehead atoms. The summed E-state index contributed by atoms with van der Waals surface area (Å²) < 4.78 is 22.7. The molecule has 2 unspecified atom stereocenters. The molecule has 2 heterocycles. The van der Waals surface area contributed by atoms with Crippen molar-refractivity contribution in [3.8, 4) is 0 Å². The Hall–Kier alpha value is -1.15. The number of amides is 2. The van der Waals surface area contributed by atoms with Gasteiger partial charge in [0.1, 0.15) is 0 Å². The summed E-state index contributed by atoms with van der Waals surface area (Å²) in [5.41, 5.74) is 0.920. The highest BCUT2D eigenvalue weighted by molar-refractivity contribution is 7.91. The van der Waals surface area contributed by atoms with Gasteiger partial charge in [-0.1, -0.05) is 0 Å². The molecule has 8 heteroatoms. The Labute approximate surface area is 122 Å². The predicted molar refractivity (Wildman–Crippen MR) is 78.7 cm³/mol. The summed E-state index contributed by atoms with van der Waals surface area (Å²) in [6.45, 7) is 5.74. The van der Waals surface area contributed by atoms with Crippen LogP contribution in [-0.2, 0) is 9.84 Å². The summed E-state index contributed by atoms with van der Waals surface area (Å²) in [6.07, 6.45) is 0.489. The maximum absolute atomic E-state index is 11.9. The van der Waals surface area contributed by atoms with Crippen molar-refractivity contribution in [2.75, 3.05) is 11.5 Å². The lowest BCUT2D eigenvalue weighted by molar-refractivity contribution is 0.235. The first-order chi connectivity index (χ1) is 9.27. The molecule has 1 aromatic heterocycles. The number of nitrogens with zero attached hydrogens (tertiary/aromatic N) is 1. The van der Waals surface area contributed by atoms with Crippen LogP contribution in [-0.4, -0.2) is 37.0 Å². The molecule has 0 saturated carbocycles. The fourth-order valence-electron chi connectivity index (χ4n) is 2.35. The highest BCUT2D eigenvalue weighted by Crippen LogP contribution is 2.24. The summed E-state index contributed by atoms with van der Waals surface area (Å²) in [5, 5.41) is 6.51. The zero-order valence-electron chi connectivity index (χ0n) is 11.8. The Kier molecular flexibility index (Phi) is 4.33. The average molecular weight is 317 g/mol. The van der Waals surface area contributed by atoms with Gasteiger partial charge in [0.25, 0.3) is 0 Å². The zero-order valence-corrected chi connectivity index (χ0v) is 13.4. The van der Waals surface area contributed by atoms with Gasteiger partial charge in [0.2, 0.25) is 0 Å². The highest BCUT2D eigenvalue weighted by atomic mass is 32.2. The van der Waals surface area contributed by atoms with Crippen LogP contribution in [0.5, 0.6) is 0 Å². The minimum atomic E-state index is -2.98. The number of aromatic nitrogens is 1. The summed E-state index contributed by atoms with van der Waals surface area (Å²) in [7, 11) is -2.98. The minimum Gasteiger partial charge on any atom is -0.334 e. The molecule has 1 fully saturated rings. The Morgan fingerprint density at radius 2 is 2.15 bits per heavy atom. The highest BCUT2D eigenvalue weighted by Gasteiger charge is 2.29. The number of carbonyl (C=O) groups is 1. The standard InChI is InChI=1S/C12H19N3O3S2/c1-7-11(19-9(3)13-7)8(2)14-12(16)15-10-4-5-20(17,18)6-10/h8,10H,4-6H2,1-3H3,(H2,14,15,16). The molecule has 2 rings (SSSR count). The normalized spacial score (nSPS) is 22.4. The van der Waals surface area contributed by atoms with Crippen LogP contribution in [0.25, 0.3) is 0 Å². The molecule has 0 aromatic carbocycles. The van der Waals surface area contributed by atoms with Crippen molar-refractivity contribution < 1.29 is 13.2 Å². The first-order valence-corrected chi connectivity index (χ1v) is 9.12. The first-order valence-electron chi connectivity index (χ1n) is 6.48. The Bertz CT molecular complexity index is 609. The van der Waals surface area contributed by atoms with Gasteiger partial charge >= 0.3 is 6.03 Å². The summed E-state index contributed by atoms with van der Waals surface area (Å²) in [6, 6.07) is -0.749. The van der Waals surface area contributed by atoms with Gasteiger partial charge < -0.3 is 10.6 Å². The van der Waals surface area contributed by atoms with E-state index < -0.39 is 9.84 Å². The van der Waals surface area contributed by atoms with Gasteiger partial charge in [-0.05, 0) is 27.2 Å². The van der Waals surface area contributed by atoms with Crippen LogP contribution in [0, 0.1) is 13.8 Å². The van der Waals surface area contributed by atoms with E-state index >= 15 is 0 Å². The molecule has 1 aromatic rings. The average Bonchev–Trinajstić information content (AvgIpc) is 2.81. The lowest BCUT2D eigenvalue weighted by Gasteiger charge is -2.16. The van der Waals surface area contributed by atoms with Gasteiger partial charge in [-0.2, -0.15) is 0 Å². The molecule has 0 radical (unpaired) electrons. The van der Waals surface area contributed by atoms with Crippen LogP contribution < -0.4 is 10.6 Å². The molecule has 1 saturated heterocycles. The number of thiazole rings is 1. The summed E-state index contributed by atoms with van der Waals surface area (Å²) in [5.74, 6) is 0.189. The number of urea groups is 1. The van der Waals surface area contributed by atoms with Gasteiger partial charge in [-0.3, -0.25) is 0 Å². The maximum atomic E-state index is 11.9. The number of hydrogen-bond acceptors (Lipinski definition) is 5. The predicted octanol–water partition coefficient (Wildman–Crippen LogP) is 1.31. The SMILES string of the molecule is Cc1nc(C)c(C(C)NC(=O)NC2CCS(=O)(=O)C2)s1. The molecule has 2 amide bonds. The minimum absolute atomic E-state index is 0.0352. The number of hydrogen-bond donors (Lipinski definition) is 2. The summed E-state index contributed by atoms with van der Waals surface area (Å²) >= 11 is 1.56. The number of sulfone groups is 1. The summed E-state index contributed by atoms with van der Waals surface area (Å²) in [4.78, 5) is 17.2. The van der Waals surface area contributed by atoms with Crippen LogP contribution >= 0.6 is 11.3 Å². The second-order valence-corrected chi connectivity index (χ2v) is 8.59. The van der Waals surface area contributed by atoms with Crippen LogP contribution in [0.2, 0.25) is 0 Å². The van der Waals surface area contributed by atoms with Gasteiger partial charge in [0.05, 0.1) is 28.2 Å². The topological polar surface area (TPSA) is 88.2 Å². The quantitative estimate of drug-likeness (QED) is 0.880. The molecule has 6 nitrogen and oxygen atoms in total. The van der Waals surface area contributed by atoms with E-state index in [4.69, 9.17) is 0 Å². The lowest BCUT2D eigenvalue weighted by Crippen LogP contribution is -2.43. The van der Waals surface area contributed by atoms with E-state index in [0.717, 1.165) is 15.6 Å². The molecule has 112 valence electrons. The van der Waals surface area contributed by atoms with Crippen LogP contribution in [0.1, 0.15) is 35.0 Å². The molecular formula is C12H19N3O3S2. The number of carbonyl (C=O) groups excluding carboxylic acids is 1. The molecule has 20 heavy (non-hydrogen) atoms. The first kappa shape index (κ1) is 15.2. The van der Waals surface area contributed by atoms with Gasteiger partial charge in [-0.15, -0.1) is 11.3 Å². The molecule has 2 atom stereocenters. The van der Waals surface area contributed by atoms with E-state index in [2.05, 4.69) is 15.6 Å². The van der Waals surface area contributed by atoms with Crippen molar-refractivity contribution in [2.45, 2.75) is 39.3 Å². The van der Waals surface area contributed by atoms with Gasteiger partial charge in [0.15, 0.2) is 9.84 Å². The molecule has 2 N–H and O–H groups in total. The molecule has 1 aliphatic rings. The second kappa shape index (κ2) is 5.69. The number of rotatable bonds is 3. The smallest absolute Gasteiger partial charge is 0.315 e. The van der Waals surface area contributed by atoms with E-state index in [-0.39, 0.29) is 29.6 Å². The monoisotopic (exact) mass is 317 g/mol. The van der Waals surface area contributed by atoms with Crippen molar-refractivity contribution in [1.29, 1.82) is 0 Å². The third-order valence-electron chi connectivity index (χ3n) is 3.25. The Morgan fingerprint density at radius 3 is 2.65 bits per heavy atom. The Balaban J connectivity index is 1.90. The largest absolute Gasteiger partial charge is 0.334 e. The third-order valence-corrected chi connectivity index (χ3v) is 6.27. The molecular weight excluding hydrogens is 298 g/mol. The number of nitrogens with one attached hydrogen (secondary N) is 2. The van der Waals surface area contributed by atoms with Crippen molar-refractivity contribution in [1.82, 2.24) is 15.6 Å². The van der Waals surface area contributed by atoms with E-state index in [1.807, 2.05) is 20.8 Å². The zero-order chi connectivity index (χ0) is 14.9. The van der Waals surface area contributed by atoms with Crippen molar-refractivity contribution >= 4 is 27.2 Å². The third kappa shape index (κ3) is 3.69. The van der Waals surface area contributed by atoms with E-state index in [1.165, 1.54) is 0 Å². The van der Waals surface area contributed by atoms with Gasteiger partial charge in [-0.25, -0.2) is 18.2 Å². The maximum Gasteiger partial charge on any atom is 0.315 e. The van der Waals surface area contributed by atoms with E-state index in [9.17, 15) is 13.2 Å². The fraction of sp³-hybridized carbons (Fsp3) is 0.667. The van der Waals surface area contributed by atoms with Crippen LogP contribution in [0.3, 0.4) is 0 Å². The van der Waals surface area contributed by atoms with Crippen molar-refractivity contribution in [3.63, 3.8) is 0 Å². The number of aryl methyl sites for hydroxylation is 2. The molecule has 0 spiro atoms.